The van der Waals surface area contributed by atoms with Crippen LogP contribution in [0, 0.1) is 0 Å². The summed E-state index contributed by atoms with van der Waals surface area (Å²) in [6, 6.07) is 5.08. The molecule has 0 radical (unpaired) electrons. The number of hydrogen-bond donors (Lipinski definition) is 2. The zero-order valence-corrected chi connectivity index (χ0v) is 9.41. The second-order valence-electron chi connectivity index (χ2n) is 4.06. The Hall–Kier alpha value is -1.55. The number of esters is 1. The molecule has 86 valence electrons. The summed E-state index contributed by atoms with van der Waals surface area (Å²) in [6.07, 6.45) is 2.10. The fourth-order valence-corrected chi connectivity index (χ4v) is 1.92. The first-order valence-electron chi connectivity index (χ1n) is 5.24. The monoisotopic (exact) mass is 221 g/mol. The van der Waals surface area contributed by atoms with Crippen molar-refractivity contribution < 1.29 is 14.6 Å². The summed E-state index contributed by atoms with van der Waals surface area (Å²) < 4.78 is 4.62. The molecule has 1 aromatic rings. The maximum Gasteiger partial charge on any atom is 0.341 e. The Balaban J connectivity index is 2.40. The summed E-state index contributed by atoms with van der Waals surface area (Å²) in [5, 5.41) is 12.8. The number of phenols is 1. The zero-order valence-electron chi connectivity index (χ0n) is 9.41. The third-order valence-corrected chi connectivity index (χ3v) is 3.18. The Morgan fingerprint density at radius 2 is 2.19 bits per heavy atom. The van der Waals surface area contributed by atoms with E-state index in [-0.39, 0.29) is 16.9 Å². The van der Waals surface area contributed by atoms with E-state index in [1.807, 2.05) is 13.1 Å². The maximum atomic E-state index is 11.4. The summed E-state index contributed by atoms with van der Waals surface area (Å²) in [5.74, 6) is -0.547. The van der Waals surface area contributed by atoms with E-state index in [9.17, 15) is 9.90 Å². The molecule has 0 aromatic heterocycles. The van der Waals surface area contributed by atoms with E-state index >= 15 is 0 Å². The van der Waals surface area contributed by atoms with Gasteiger partial charge in [0, 0.05) is 5.54 Å². The predicted molar refractivity (Wildman–Crippen MR) is 59.4 cm³/mol. The van der Waals surface area contributed by atoms with E-state index in [1.54, 1.807) is 12.1 Å². The van der Waals surface area contributed by atoms with Crippen LogP contribution in [0.2, 0.25) is 0 Å². The Morgan fingerprint density at radius 1 is 1.50 bits per heavy atom. The molecule has 0 heterocycles. The van der Waals surface area contributed by atoms with Crippen LogP contribution in [0.25, 0.3) is 0 Å². The van der Waals surface area contributed by atoms with Crippen molar-refractivity contribution in [2.24, 2.45) is 0 Å². The van der Waals surface area contributed by atoms with Crippen molar-refractivity contribution >= 4 is 5.97 Å². The topological polar surface area (TPSA) is 58.6 Å². The van der Waals surface area contributed by atoms with Gasteiger partial charge in [0.15, 0.2) is 0 Å². The minimum absolute atomic E-state index is 0.0174. The standard InChI is InChI=1S/C12H15NO3/c1-13-12(5-6-12)8-3-4-10(14)9(7-8)11(15)16-2/h3-4,7,13-14H,5-6H2,1-2H3. The molecule has 0 unspecified atom stereocenters. The number of nitrogens with one attached hydrogen (secondary N) is 1. The lowest BCUT2D eigenvalue weighted by Crippen LogP contribution is -2.24. The molecule has 0 atom stereocenters. The van der Waals surface area contributed by atoms with Gasteiger partial charge in [0.2, 0.25) is 0 Å². The lowest BCUT2D eigenvalue weighted by atomic mass is 10.0. The second-order valence-corrected chi connectivity index (χ2v) is 4.06. The summed E-state index contributed by atoms with van der Waals surface area (Å²) in [4.78, 5) is 11.4. The Labute approximate surface area is 94.2 Å². The summed E-state index contributed by atoms with van der Waals surface area (Å²) in [5.41, 5.74) is 1.23. The van der Waals surface area contributed by atoms with Crippen molar-refractivity contribution in [1.82, 2.24) is 5.32 Å². The number of carbonyl (C=O) groups is 1. The number of carbonyl (C=O) groups excluding carboxylic acids is 1. The van der Waals surface area contributed by atoms with Gasteiger partial charge in [-0.3, -0.25) is 0 Å². The van der Waals surface area contributed by atoms with Crippen molar-refractivity contribution in [2.45, 2.75) is 18.4 Å². The van der Waals surface area contributed by atoms with Crippen LogP contribution < -0.4 is 5.32 Å². The van der Waals surface area contributed by atoms with Crippen LogP contribution in [0.5, 0.6) is 5.75 Å². The number of rotatable bonds is 3. The van der Waals surface area contributed by atoms with Crippen molar-refractivity contribution in [3.63, 3.8) is 0 Å². The van der Waals surface area contributed by atoms with E-state index in [1.165, 1.54) is 7.11 Å². The van der Waals surface area contributed by atoms with Crippen LogP contribution in [0.15, 0.2) is 18.2 Å². The molecule has 1 aliphatic carbocycles. The first-order chi connectivity index (χ1) is 7.63. The molecular weight excluding hydrogens is 206 g/mol. The van der Waals surface area contributed by atoms with E-state index in [2.05, 4.69) is 10.1 Å². The average Bonchev–Trinajstić information content (AvgIpc) is 3.09. The molecule has 0 aliphatic heterocycles. The highest BCUT2D eigenvalue weighted by Crippen LogP contribution is 2.45. The zero-order chi connectivity index (χ0) is 11.8. The van der Waals surface area contributed by atoms with Gasteiger partial charge in [0.05, 0.1) is 7.11 Å². The molecule has 2 N–H and O–H groups in total. The van der Waals surface area contributed by atoms with E-state index in [0.29, 0.717) is 0 Å². The molecule has 1 saturated carbocycles. The third kappa shape index (κ3) is 1.65. The fraction of sp³-hybridized carbons (Fsp3) is 0.417. The number of phenolic OH excluding ortho intramolecular Hbond substituents is 1. The predicted octanol–water partition coefficient (Wildman–Crippen LogP) is 1.39. The highest BCUT2D eigenvalue weighted by molar-refractivity contribution is 5.92. The van der Waals surface area contributed by atoms with E-state index in [4.69, 9.17) is 0 Å². The van der Waals surface area contributed by atoms with E-state index in [0.717, 1.165) is 18.4 Å². The molecule has 0 bridgehead atoms. The third-order valence-electron chi connectivity index (χ3n) is 3.18. The van der Waals surface area contributed by atoms with Crippen LogP contribution in [0.4, 0.5) is 0 Å². The molecule has 0 amide bonds. The van der Waals surface area contributed by atoms with Crippen molar-refractivity contribution in [1.29, 1.82) is 0 Å². The number of methoxy groups -OCH3 is 1. The first-order valence-corrected chi connectivity index (χ1v) is 5.24. The van der Waals surface area contributed by atoms with Gasteiger partial charge in [0.1, 0.15) is 11.3 Å². The average molecular weight is 221 g/mol. The molecule has 1 aliphatic rings. The summed E-state index contributed by atoms with van der Waals surface area (Å²) >= 11 is 0. The lowest BCUT2D eigenvalue weighted by Gasteiger charge is -2.15. The van der Waals surface area contributed by atoms with Gasteiger partial charge in [-0.05, 0) is 37.6 Å². The van der Waals surface area contributed by atoms with Crippen LogP contribution in [-0.4, -0.2) is 25.2 Å². The van der Waals surface area contributed by atoms with Gasteiger partial charge < -0.3 is 15.2 Å². The molecule has 1 fully saturated rings. The smallest absolute Gasteiger partial charge is 0.341 e. The molecule has 1 aromatic carbocycles. The first kappa shape index (κ1) is 11.0. The van der Waals surface area contributed by atoms with Gasteiger partial charge >= 0.3 is 5.97 Å². The van der Waals surface area contributed by atoms with Crippen LogP contribution in [0.1, 0.15) is 28.8 Å². The Morgan fingerprint density at radius 3 is 2.69 bits per heavy atom. The van der Waals surface area contributed by atoms with Crippen molar-refractivity contribution in [3.8, 4) is 5.75 Å². The molecular formula is C12H15NO3. The van der Waals surface area contributed by atoms with Gasteiger partial charge in [-0.15, -0.1) is 0 Å². The number of benzene rings is 1. The Bertz CT molecular complexity index is 424. The highest BCUT2D eigenvalue weighted by atomic mass is 16.5. The maximum absolute atomic E-state index is 11.4. The van der Waals surface area contributed by atoms with Crippen LogP contribution in [0.3, 0.4) is 0 Å². The summed E-state index contributed by atoms with van der Waals surface area (Å²) in [7, 11) is 3.21. The minimum Gasteiger partial charge on any atom is -0.507 e. The van der Waals surface area contributed by atoms with Crippen molar-refractivity contribution in [3.05, 3.63) is 29.3 Å². The van der Waals surface area contributed by atoms with Gasteiger partial charge in [0.25, 0.3) is 0 Å². The molecule has 2 rings (SSSR count). The highest BCUT2D eigenvalue weighted by Gasteiger charge is 2.43. The quantitative estimate of drug-likeness (QED) is 0.757. The van der Waals surface area contributed by atoms with Gasteiger partial charge in [-0.1, -0.05) is 6.07 Å². The second kappa shape index (κ2) is 3.79. The SMILES string of the molecule is CNC1(c2ccc(O)c(C(=O)OC)c2)CC1. The number of hydrogen-bond acceptors (Lipinski definition) is 4. The van der Waals surface area contributed by atoms with Crippen LogP contribution in [-0.2, 0) is 10.3 Å². The molecule has 0 spiro atoms. The Kier molecular flexibility index (Phi) is 2.59. The van der Waals surface area contributed by atoms with Gasteiger partial charge in [-0.2, -0.15) is 0 Å². The lowest BCUT2D eigenvalue weighted by molar-refractivity contribution is 0.0597. The minimum atomic E-state index is -0.508. The van der Waals surface area contributed by atoms with E-state index < -0.39 is 5.97 Å². The van der Waals surface area contributed by atoms with Crippen LogP contribution >= 0.6 is 0 Å². The number of aromatic hydroxyl groups is 1. The molecule has 16 heavy (non-hydrogen) atoms. The van der Waals surface area contributed by atoms with Crippen molar-refractivity contribution in [2.75, 3.05) is 14.2 Å². The van der Waals surface area contributed by atoms with Gasteiger partial charge in [-0.25, -0.2) is 4.79 Å². The normalized spacial score (nSPS) is 16.9. The molecule has 4 heteroatoms. The number of ether oxygens (including phenoxy) is 1. The summed E-state index contributed by atoms with van der Waals surface area (Å²) in [6.45, 7) is 0. The largest absolute Gasteiger partial charge is 0.507 e. The molecule has 0 saturated heterocycles. The fourth-order valence-electron chi connectivity index (χ4n) is 1.92. The molecule has 4 nitrogen and oxygen atoms in total.